The van der Waals surface area contributed by atoms with Crippen LogP contribution in [0.25, 0.3) is 0 Å². The van der Waals surface area contributed by atoms with Crippen LogP contribution in [0, 0.1) is 31.6 Å². The van der Waals surface area contributed by atoms with Crippen LogP contribution in [-0.2, 0) is 4.79 Å². The highest BCUT2D eigenvalue weighted by Gasteiger charge is 2.51. The van der Waals surface area contributed by atoms with E-state index in [2.05, 4.69) is 51.0 Å². The van der Waals surface area contributed by atoms with Crippen molar-refractivity contribution >= 4 is 17.7 Å². The molecule has 1 aliphatic carbocycles. The SMILES string of the molecule is Cc1cc(N2C[C@H]3CN(C(=O)C4CCC4)[C@@H](c4ccccc4C)[C@H]3C2)nc(N)n1. The Bertz CT molecular complexity index is 920. The van der Waals surface area contributed by atoms with Gasteiger partial charge in [0, 0.05) is 49.1 Å². The predicted molar refractivity (Wildman–Crippen MR) is 113 cm³/mol. The van der Waals surface area contributed by atoms with E-state index in [0.29, 0.717) is 23.7 Å². The Morgan fingerprint density at radius 1 is 1.10 bits per heavy atom. The number of carbonyl (C=O) groups excluding carboxylic acids is 1. The van der Waals surface area contributed by atoms with Crippen molar-refractivity contribution in [2.45, 2.75) is 39.2 Å². The third-order valence-corrected chi connectivity index (χ3v) is 7.09. The second kappa shape index (κ2) is 7.01. The third-order valence-electron chi connectivity index (χ3n) is 7.09. The standard InChI is InChI=1S/C23H29N5O/c1-14-6-3-4-9-18(14)21-19-13-27(20-10-15(2)25-23(24)26-20)11-17(19)12-28(21)22(29)16-7-5-8-16/h3-4,6,9-10,16-17,19,21H,5,7-8,11-13H2,1-2H3,(H2,24,25,26)/t17-,19-,21-/m0/s1. The Hall–Kier alpha value is -2.63. The molecule has 2 aliphatic heterocycles. The maximum Gasteiger partial charge on any atom is 0.226 e. The first kappa shape index (κ1) is 18.4. The van der Waals surface area contributed by atoms with Gasteiger partial charge in [-0.3, -0.25) is 4.79 Å². The fourth-order valence-corrected chi connectivity index (χ4v) is 5.40. The molecule has 3 aliphatic rings. The first-order chi connectivity index (χ1) is 14.0. The summed E-state index contributed by atoms with van der Waals surface area (Å²) in [6.45, 7) is 6.77. The molecule has 3 atom stereocenters. The second-order valence-corrected chi connectivity index (χ2v) is 8.97. The molecular weight excluding hydrogens is 362 g/mol. The molecule has 1 amide bonds. The number of rotatable bonds is 3. The van der Waals surface area contributed by atoms with Gasteiger partial charge < -0.3 is 15.5 Å². The molecule has 2 saturated heterocycles. The number of benzene rings is 1. The van der Waals surface area contributed by atoms with Gasteiger partial charge in [-0.25, -0.2) is 4.98 Å². The second-order valence-electron chi connectivity index (χ2n) is 8.97. The van der Waals surface area contributed by atoms with E-state index in [9.17, 15) is 4.79 Å². The zero-order valence-electron chi connectivity index (χ0n) is 17.2. The molecule has 0 spiro atoms. The third kappa shape index (κ3) is 3.15. The molecule has 1 saturated carbocycles. The minimum atomic E-state index is 0.152. The van der Waals surface area contributed by atoms with Gasteiger partial charge in [0.05, 0.1) is 6.04 Å². The van der Waals surface area contributed by atoms with Crippen molar-refractivity contribution in [3.8, 4) is 0 Å². The van der Waals surface area contributed by atoms with Crippen molar-refractivity contribution in [3.63, 3.8) is 0 Å². The summed E-state index contributed by atoms with van der Waals surface area (Å²) in [6, 6.07) is 10.7. The number of hydrogen-bond acceptors (Lipinski definition) is 5. The number of carbonyl (C=O) groups is 1. The molecule has 1 aromatic heterocycles. The largest absolute Gasteiger partial charge is 0.368 e. The van der Waals surface area contributed by atoms with Crippen molar-refractivity contribution in [2.24, 2.45) is 17.8 Å². The van der Waals surface area contributed by atoms with E-state index in [-0.39, 0.29) is 12.0 Å². The molecule has 6 nitrogen and oxygen atoms in total. The average Bonchev–Trinajstić information content (AvgIpc) is 3.18. The smallest absolute Gasteiger partial charge is 0.226 e. The lowest BCUT2D eigenvalue weighted by Crippen LogP contribution is -2.41. The van der Waals surface area contributed by atoms with Gasteiger partial charge in [-0.05, 0) is 37.8 Å². The molecule has 6 heteroatoms. The topological polar surface area (TPSA) is 75.3 Å². The Kier molecular flexibility index (Phi) is 4.45. The molecule has 2 N–H and O–H groups in total. The van der Waals surface area contributed by atoms with E-state index >= 15 is 0 Å². The van der Waals surface area contributed by atoms with E-state index < -0.39 is 0 Å². The van der Waals surface area contributed by atoms with E-state index in [4.69, 9.17) is 5.73 Å². The molecule has 0 radical (unpaired) electrons. The molecule has 1 aromatic carbocycles. The summed E-state index contributed by atoms with van der Waals surface area (Å²) in [7, 11) is 0. The van der Waals surface area contributed by atoms with Crippen molar-refractivity contribution in [1.29, 1.82) is 0 Å². The van der Waals surface area contributed by atoms with Crippen LogP contribution in [0.3, 0.4) is 0 Å². The summed E-state index contributed by atoms with van der Waals surface area (Å²) >= 11 is 0. The Morgan fingerprint density at radius 2 is 1.90 bits per heavy atom. The Morgan fingerprint density at radius 3 is 2.59 bits per heavy atom. The molecule has 152 valence electrons. The highest BCUT2D eigenvalue weighted by molar-refractivity contribution is 5.80. The molecule has 0 unspecified atom stereocenters. The van der Waals surface area contributed by atoms with E-state index in [1.807, 2.05) is 13.0 Å². The fourth-order valence-electron chi connectivity index (χ4n) is 5.40. The zero-order valence-corrected chi connectivity index (χ0v) is 17.2. The highest BCUT2D eigenvalue weighted by atomic mass is 16.2. The number of likely N-dealkylation sites (tertiary alicyclic amines) is 1. The summed E-state index contributed by atoms with van der Waals surface area (Å²) in [5, 5.41) is 0. The van der Waals surface area contributed by atoms with Gasteiger partial charge in [0.15, 0.2) is 0 Å². The Balaban J connectivity index is 1.46. The van der Waals surface area contributed by atoms with Gasteiger partial charge in [0.25, 0.3) is 0 Å². The minimum absolute atomic E-state index is 0.152. The molecule has 29 heavy (non-hydrogen) atoms. The highest BCUT2D eigenvalue weighted by Crippen LogP contribution is 2.48. The van der Waals surface area contributed by atoms with Crippen molar-refractivity contribution in [2.75, 3.05) is 30.3 Å². The molecule has 3 fully saturated rings. The number of nitrogens with zero attached hydrogens (tertiary/aromatic N) is 4. The number of nitrogens with two attached hydrogens (primary N) is 1. The van der Waals surface area contributed by atoms with Crippen LogP contribution < -0.4 is 10.6 Å². The van der Waals surface area contributed by atoms with Crippen molar-refractivity contribution < 1.29 is 4.79 Å². The minimum Gasteiger partial charge on any atom is -0.368 e. The molecular formula is C23H29N5O. The van der Waals surface area contributed by atoms with Crippen molar-refractivity contribution in [1.82, 2.24) is 14.9 Å². The van der Waals surface area contributed by atoms with Crippen LogP contribution >= 0.6 is 0 Å². The maximum absolute atomic E-state index is 13.3. The lowest BCUT2D eigenvalue weighted by Gasteiger charge is -2.36. The summed E-state index contributed by atoms with van der Waals surface area (Å²) in [5.74, 6) is 2.71. The van der Waals surface area contributed by atoms with Crippen molar-refractivity contribution in [3.05, 3.63) is 47.2 Å². The normalized spacial score (nSPS) is 26.5. The van der Waals surface area contributed by atoms with Gasteiger partial charge in [-0.1, -0.05) is 30.7 Å². The monoisotopic (exact) mass is 391 g/mol. The number of nitrogen functional groups attached to an aromatic ring is 1. The molecule has 5 rings (SSSR count). The first-order valence-corrected chi connectivity index (χ1v) is 10.7. The van der Waals surface area contributed by atoms with E-state index in [1.54, 1.807) is 0 Å². The van der Waals surface area contributed by atoms with Gasteiger partial charge in [-0.2, -0.15) is 4.98 Å². The lowest BCUT2D eigenvalue weighted by atomic mass is 9.83. The number of aryl methyl sites for hydroxylation is 2. The quantitative estimate of drug-likeness (QED) is 0.870. The van der Waals surface area contributed by atoms with Crippen LogP contribution in [-0.4, -0.2) is 40.4 Å². The zero-order chi connectivity index (χ0) is 20.1. The predicted octanol–water partition coefficient (Wildman–Crippen LogP) is 3.11. The average molecular weight is 392 g/mol. The maximum atomic E-state index is 13.3. The number of hydrogen-bond donors (Lipinski definition) is 1. The van der Waals surface area contributed by atoms with Crippen LogP contribution in [0.4, 0.5) is 11.8 Å². The van der Waals surface area contributed by atoms with E-state index in [1.165, 1.54) is 17.5 Å². The van der Waals surface area contributed by atoms with Gasteiger partial charge in [0.2, 0.25) is 11.9 Å². The van der Waals surface area contributed by atoms with Crippen LogP contribution in [0.15, 0.2) is 30.3 Å². The van der Waals surface area contributed by atoms with Gasteiger partial charge in [0.1, 0.15) is 5.82 Å². The summed E-state index contributed by atoms with van der Waals surface area (Å²) in [4.78, 5) is 26.5. The molecule has 2 aromatic rings. The number of fused-ring (bicyclic) bond motifs is 1. The van der Waals surface area contributed by atoms with Gasteiger partial charge in [-0.15, -0.1) is 0 Å². The number of anilines is 2. The van der Waals surface area contributed by atoms with Gasteiger partial charge >= 0.3 is 0 Å². The molecule has 0 bridgehead atoms. The lowest BCUT2D eigenvalue weighted by molar-refractivity contribution is -0.139. The summed E-state index contributed by atoms with van der Waals surface area (Å²) in [6.07, 6.45) is 3.29. The first-order valence-electron chi connectivity index (χ1n) is 10.7. The number of amides is 1. The Labute approximate surface area is 172 Å². The summed E-state index contributed by atoms with van der Waals surface area (Å²) < 4.78 is 0. The molecule has 3 heterocycles. The van der Waals surface area contributed by atoms with Crippen LogP contribution in [0.2, 0.25) is 0 Å². The summed E-state index contributed by atoms with van der Waals surface area (Å²) in [5.41, 5.74) is 9.35. The van der Waals surface area contributed by atoms with Crippen LogP contribution in [0.5, 0.6) is 0 Å². The van der Waals surface area contributed by atoms with Crippen LogP contribution in [0.1, 0.15) is 42.1 Å². The fraction of sp³-hybridized carbons (Fsp3) is 0.522. The van der Waals surface area contributed by atoms with E-state index in [0.717, 1.165) is 44.0 Å². The number of aromatic nitrogens is 2.